The van der Waals surface area contributed by atoms with Crippen LogP contribution in [-0.2, 0) is 0 Å². The number of aliphatic hydroxyl groups is 1. The van der Waals surface area contributed by atoms with Gasteiger partial charge in [-0.3, -0.25) is 9.20 Å². The molecule has 1 aromatic carbocycles. The molecule has 7 heteroatoms. The third-order valence-electron chi connectivity index (χ3n) is 4.92. The van der Waals surface area contributed by atoms with E-state index in [4.69, 9.17) is 5.73 Å². The number of rotatable bonds is 2. The summed E-state index contributed by atoms with van der Waals surface area (Å²) < 4.78 is 1.78. The van der Waals surface area contributed by atoms with Crippen LogP contribution in [0, 0.1) is 11.8 Å². The summed E-state index contributed by atoms with van der Waals surface area (Å²) in [7, 11) is 1.89. The van der Waals surface area contributed by atoms with Gasteiger partial charge in [0.2, 0.25) is 0 Å². The molecule has 1 saturated heterocycles. The zero-order valence-electron chi connectivity index (χ0n) is 15.4. The van der Waals surface area contributed by atoms with E-state index >= 15 is 0 Å². The van der Waals surface area contributed by atoms with E-state index in [0.29, 0.717) is 35.7 Å². The molecule has 0 radical (unpaired) electrons. The summed E-state index contributed by atoms with van der Waals surface area (Å²) in [6.07, 6.45) is 3.92. The van der Waals surface area contributed by atoms with Crippen LogP contribution in [-0.4, -0.2) is 49.5 Å². The van der Waals surface area contributed by atoms with Crippen molar-refractivity contribution >= 4 is 11.6 Å². The lowest BCUT2D eigenvalue weighted by molar-refractivity contribution is 0.0995. The van der Waals surface area contributed by atoms with Crippen LogP contribution in [0.15, 0.2) is 55.0 Å². The number of hydrogen-bond donors (Lipinski definition) is 2. The number of primary amides is 1. The minimum atomic E-state index is -1.22. The lowest BCUT2D eigenvalue weighted by Crippen LogP contribution is -2.26. The van der Waals surface area contributed by atoms with Crippen molar-refractivity contribution in [2.75, 3.05) is 13.6 Å². The van der Waals surface area contributed by atoms with Gasteiger partial charge in [-0.2, -0.15) is 0 Å². The molecular formula is C21H19N5O2. The van der Waals surface area contributed by atoms with E-state index in [9.17, 15) is 9.90 Å². The van der Waals surface area contributed by atoms with Gasteiger partial charge in [-0.1, -0.05) is 30.6 Å². The summed E-state index contributed by atoms with van der Waals surface area (Å²) >= 11 is 0. The van der Waals surface area contributed by atoms with Crippen molar-refractivity contribution in [3.05, 3.63) is 66.3 Å². The fourth-order valence-corrected chi connectivity index (χ4v) is 3.22. The van der Waals surface area contributed by atoms with E-state index in [-0.39, 0.29) is 5.69 Å². The number of likely N-dealkylation sites (N-methyl/N-ethyl adjacent to an activating group) is 1. The molecule has 0 spiro atoms. The SMILES string of the molecule is C=C1N(C)CC[C@@]1(O)C#Cc1cccc(-c2nc(C(N)=O)cc3nccn23)c1. The molecule has 1 aliphatic heterocycles. The first-order valence-corrected chi connectivity index (χ1v) is 8.78. The van der Waals surface area contributed by atoms with Gasteiger partial charge in [-0.15, -0.1) is 0 Å². The predicted octanol–water partition coefficient (Wildman–Crippen LogP) is 1.43. The van der Waals surface area contributed by atoms with Crippen LogP contribution < -0.4 is 5.73 Å². The predicted molar refractivity (Wildman–Crippen MR) is 105 cm³/mol. The normalized spacial score (nSPS) is 18.9. The number of carbonyl (C=O) groups excluding carboxylic acids is 1. The number of aromatic nitrogens is 3. The molecule has 1 fully saturated rings. The molecule has 1 aliphatic rings. The molecular weight excluding hydrogens is 354 g/mol. The van der Waals surface area contributed by atoms with Gasteiger partial charge in [0.25, 0.3) is 5.91 Å². The Hall–Kier alpha value is -3.63. The second kappa shape index (κ2) is 6.51. The molecule has 2 aromatic heterocycles. The number of benzene rings is 1. The number of fused-ring (bicyclic) bond motifs is 1. The second-order valence-corrected chi connectivity index (χ2v) is 6.79. The number of hydrogen-bond acceptors (Lipinski definition) is 5. The number of nitrogens with two attached hydrogens (primary N) is 1. The van der Waals surface area contributed by atoms with E-state index in [1.165, 1.54) is 0 Å². The fourth-order valence-electron chi connectivity index (χ4n) is 3.22. The smallest absolute Gasteiger partial charge is 0.267 e. The molecule has 140 valence electrons. The van der Waals surface area contributed by atoms with Crippen molar-refractivity contribution in [2.24, 2.45) is 5.73 Å². The maximum Gasteiger partial charge on any atom is 0.267 e. The Morgan fingerprint density at radius 3 is 2.93 bits per heavy atom. The van der Waals surface area contributed by atoms with Crippen LogP contribution in [0.25, 0.3) is 17.0 Å². The van der Waals surface area contributed by atoms with Gasteiger partial charge in [-0.25, -0.2) is 9.97 Å². The van der Waals surface area contributed by atoms with Gasteiger partial charge in [0.05, 0.1) is 5.70 Å². The lowest BCUT2D eigenvalue weighted by atomic mass is 10.00. The second-order valence-electron chi connectivity index (χ2n) is 6.79. The number of amides is 1. The van der Waals surface area contributed by atoms with Gasteiger partial charge in [0, 0.05) is 49.6 Å². The largest absolute Gasteiger partial charge is 0.375 e. The Labute approximate surface area is 162 Å². The van der Waals surface area contributed by atoms with Crippen LogP contribution in [0.3, 0.4) is 0 Å². The topological polar surface area (TPSA) is 96.7 Å². The average molecular weight is 373 g/mol. The standard InChI is InChI=1S/C21H19N5O2/c1-14-21(28,8-10-25(14)2)7-6-15-4-3-5-16(12-15)20-24-17(19(22)27)13-18-23-9-11-26(18)20/h3-5,9,11-13,28H,1,8,10H2,2H3,(H2,22,27)/t21-/m0/s1. The highest BCUT2D eigenvalue weighted by Crippen LogP contribution is 2.29. The van der Waals surface area contributed by atoms with E-state index in [1.807, 2.05) is 36.2 Å². The van der Waals surface area contributed by atoms with Crippen molar-refractivity contribution in [1.82, 2.24) is 19.3 Å². The zero-order valence-corrected chi connectivity index (χ0v) is 15.4. The van der Waals surface area contributed by atoms with Crippen molar-refractivity contribution in [3.8, 4) is 23.2 Å². The van der Waals surface area contributed by atoms with E-state index in [2.05, 4.69) is 28.4 Å². The van der Waals surface area contributed by atoms with E-state index < -0.39 is 11.5 Å². The van der Waals surface area contributed by atoms with Crippen LogP contribution in [0.1, 0.15) is 22.5 Å². The molecule has 4 rings (SSSR count). The zero-order chi connectivity index (χ0) is 19.9. The van der Waals surface area contributed by atoms with Gasteiger partial charge >= 0.3 is 0 Å². The van der Waals surface area contributed by atoms with Gasteiger partial charge in [0.15, 0.2) is 5.60 Å². The summed E-state index contributed by atoms with van der Waals surface area (Å²) in [6, 6.07) is 8.97. The number of imidazole rings is 1. The summed E-state index contributed by atoms with van der Waals surface area (Å²) in [4.78, 5) is 22.1. The molecule has 0 saturated carbocycles. The minimum absolute atomic E-state index is 0.143. The van der Waals surface area contributed by atoms with Crippen molar-refractivity contribution in [3.63, 3.8) is 0 Å². The maximum absolute atomic E-state index is 11.6. The number of nitrogens with zero attached hydrogens (tertiary/aromatic N) is 4. The van der Waals surface area contributed by atoms with Crippen molar-refractivity contribution in [1.29, 1.82) is 0 Å². The number of carbonyl (C=O) groups is 1. The summed E-state index contributed by atoms with van der Waals surface area (Å²) in [5.74, 6) is 5.90. The third-order valence-corrected chi connectivity index (χ3v) is 4.92. The van der Waals surface area contributed by atoms with Crippen LogP contribution in [0.5, 0.6) is 0 Å². The summed E-state index contributed by atoms with van der Waals surface area (Å²) in [5, 5.41) is 10.7. The van der Waals surface area contributed by atoms with Crippen molar-refractivity contribution < 1.29 is 9.90 Å². The molecule has 0 bridgehead atoms. The lowest BCUT2D eigenvalue weighted by Gasteiger charge is -2.19. The monoisotopic (exact) mass is 373 g/mol. The fraction of sp³-hybridized carbons (Fsp3) is 0.190. The van der Waals surface area contributed by atoms with Gasteiger partial charge < -0.3 is 15.7 Å². The molecule has 3 heterocycles. The first-order chi connectivity index (χ1) is 13.4. The average Bonchev–Trinajstić information content (AvgIpc) is 3.27. The van der Waals surface area contributed by atoms with Gasteiger partial charge in [0.1, 0.15) is 17.2 Å². The molecule has 3 N–H and O–H groups in total. The third kappa shape index (κ3) is 3.00. The summed E-state index contributed by atoms with van der Waals surface area (Å²) in [5.41, 5.74) is 6.99. The Morgan fingerprint density at radius 1 is 1.39 bits per heavy atom. The summed E-state index contributed by atoms with van der Waals surface area (Å²) in [6.45, 7) is 4.64. The Morgan fingerprint density at radius 2 is 2.21 bits per heavy atom. The Kier molecular flexibility index (Phi) is 4.13. The molecule has 1 atom stereocenters. The Bertz CT molecular complexity index is 1170. The highest BCUT2D eigenvalue weighted by molar-refractivity contribution is 5.92. The molecule has 3 aromatic rings. The molecule has 0 unspecified atom stereocenters. The van der Waals surface area contributed by atoms with E-state index in [1.54, 1.807) is 22.9 Å². The minimum Gasteiger partial charge on any atom is -0.375 e. The highest BCUT2D eigenvalue weighted by atomic mass is 16.3. The molecule has 1 amide bonds. The Balaban J connectivity index is 1.76. The van der Waals surface area contributed by atoms with Crippen molar-refractivity contribution in [2.45, 2.75) is 12.0 Å². The quantitative estimate of drug-likeness (QED) is 0.663. The highest BCUT2D eigenvalue weighted by Gasteiger charge is 2.36. The molecule has 28 heavy (non-hydrogen) atoms. The van der Waals surface area contributed by atoms with Gasteiger partial charge in [-0.05, 0) is 12.1 Å². The molecule has 0 aliphatic carbocycles. The maximum atomic E-state index is 11.6. The number of likely N-dealkylation sites (tertiary alicyclic amines) is 1. The van der Waals surface area contributed by atoms with Crippen LogP contribution in [0.2, 0.25) is 0 Å². The first kappa shape index (κ1) is 17.8. The van der Waals surface area contributed by atoms with E-state index in [0.717, 1.165) is 5.56 Å². The molecule has 7 nitrogen and oxygen atoms in total. The van der Waals surface area contributed by atoms with Crippen LogP contribution in [0.4, 0.5) is 0 Å². The van der Waals surface area contributed by atoms with Crippen LogP contribution >= 0.6 is 0 Å². The first-order valence-electron chi connectivity index (χ1n) is 8.78.